The number of nitrogens with one attached hydrogen (secondary N) is 1. The molecule has 0 saturated carbocycles. The summed E-state index contributed by atoms with van der Waals surface area (Å²) in [5.74, 6) is 2.29. The molecule has 1 aromatic rings. The molecule has 82 valence electrons. The Kier molecular flexibility index (Phi) is 2.82. The molecule has 3 heteroatoms. The van der Waals surface area contributed by atoms with Crippen LogP contribution < -0.4 is 14.8 Å². The molecule has 0 heterocycles. The third-order valence-electron chi connectivity index (χ3n) is 3.00. The molecule has 0 amide bonds. The maximum Gasteiger partial charge on any atom is 0.161 e. The SMILES string of the molecule is CNC[C@@H]1Cc2cc(OC)c(OC)cc21. The van der Waals surface area contributed by atoms with Crippen molar-refractivity contribution < 1.29 is 9.47 Å². The monoisotopic (exact) mass is 207 g/mol. The highest BCUT2D eigenvalue weighted by Crippen LogP contribution is 2.41. The summed E-state index contributed by atoms with van der Waals surface area (Å²) in [7, 11) is 5.34. The van der Waals surface area contributed by atoms with Crippen LogP contribution in [-0.2, 0) is 6.42 Å². The van der Waals surface area contributed by atoms with E-state index in [1.165, 1.54) is 11.1 Å². The molecule has 0 spiro atoms. The Bertz CT molecular complexity index is 363. The van der Waals surface area contributed by atoms with Crippen molar-refractivity contribution >= 4 is 0 Å². The van der Waals surface area contributed by atoms with Crippen molar-refractivity contribution in [1.82, 2.24) is 5.32 Å². The molecule has 1 N–H and O–H groups in total. The van der Waals surface area contributed by atoms with E-state index in [-0.39, 0.29) is 0 Å². The highest BCUT2D eigenvalue weighted by atomic mass is 16.5. The molecular formula is C12H17NO2. The van der Waals surface area contributed by atoms with Crippen LogP contribution in [0.1, 0.15) is 17.0 Å². The number of fused-ring (bicyclic) bond motifs is 1. The topological polar surface area (TPSA) is 30.5 Å². The molecule has 0 aliphatic heterocycles. The fourth-order valence-electron chi connectivity index (χ4n) is 2.17. The summed E-state index contributed by atoms with van der Waals surface area (Å²) in [6.45, 7) is 1.03. The standard InChI is InChI=1S/C12H17NO2/c1-13-7-9-4-8-5-11(14-2)12(15-3)6-10(8)9/h5-6,9,13H,4,7H2,1-3H3/t9-/m0/s1. The highest BCUT2D eigenvalue weighted by molar-refractivity contribution is 5.53. The predicted molar refractivity (Wildman–Crippen MR) is 59.9 cm³/mol. The lowest BCUT2D eigenvalue weighted by Crippen LogP contribution is -2.27. The minimum Gasteiger partial charge on any atom is -0.493 e. The number of methoxy groups -OCH3 is 2. The van der Waals surface area contributed by atoms with Crippen LogP contribution in [0.25, 0.3) is 0 Å². The molecule has 1 atom stereocenters. The number of rotatable bonds is 4. The van der Waals surface area contributed by atoms with Gasteiger partial charge in [0, 0.05) is 12.5 Å². The average Bonchev–Trinajstić information content (AvgIpc) is 2.25. The largest absolute Gasteiger partial charge is 0.493 e. The maximum absolute atomic E-state index is 5.29. The molecule has 0 bridgehead atoms. The number of ether oxygens (including phenoxy) is 2. The first-order chi connectivity index (χ1) is 7.30. The summed E-state index contributed by atoms with van der Waals surface area (Å²) in [5, 5.41) is 3.20. The van der Waals surface area contributed by atoms with Crippen molar-refractivity contribution in [1.29, 1.82) is 0 Å². The summed E-state index contributed by atoms with van der Waals surface area (Å²) >= 11 is 0. The fraction of sp³-hybridized carbons (Fsp3) is 0.500. The van der Waals surface area contributed by atoms with E-state index in [2.05, 4.69) is 17.4 Å². The van der Waals surface area contributed by atoms with E-state index >= 15 is 0 Å². The van der Waals surface area contributed by atoms with Gasteiger partial charge < -0.3 is 14.8 Å². The summed E-state index contributed by atoms with van der Waals surface area (Å²) in [5.41, 5.74) is 2.77. The highest BCUT2D eigenvalue weighted by Gasteiger charge is 2.27. The third kappa shape index (κ3) is 1.67. The Hall–Kier alpha value is -1.22. The molecule has 1 aliphatic rings. The molecule has 0 saturated heterocycles. The molecule has 0 fully saturated rings. The molecule has 0 radical (unpaired) electrons. The fourth-order valence-corrected chi connectivity index (χ4v) is 2.17. The van der Waals surface area contributed by atoms with E-state index in [1.807, 2.05) is 7.05 Å². The van der Waals surface area contributed by atoms with Gasteiger partial charge in [-0.25, -0.2) is 0 Å². The van der Waals surface area contributed by atoms with E-state index < -0.39 is 0 Å². The van der Waals surface area contributed by atoms with Gasteiger partial charge in [-0.3, -0.25) is 0 Å². The molecule has 3 nitrogen and oxygen atoms in total. The number of hydrogen-bond donors (Lipinski definition) is 1. The van der Waals surface area contributed by atoms with E-state index in [0.29, 0.717) is 5.92 Å². The Morgan fingerprint density at radius 2 is 1.93 bits per heavy atom. The van der Waals surface area contributed by atoms with Gasteiger partial charge in [0.25, 0.3) is 0 Å². The number of benzene rings is 1. The smallest absolute Gasteiger partial charge is 0.161 e. The van der Waals surface area contributed by atoms with Gasteiger partial charge in [-0.2, -0.15) is 0 Å². The van der Waals surface area contributed by atoms with Crippen molar-refractivity contribution in [2.24, 2.45) is 0 Å². The summed E-state index contributed by atoms with van der Waals surface area (Å²) in [6, 6.07) is 4.18. The van der Waals surface area contributed by atoms with Crippen molar-refractivity contribution in [2.75, 3.05) is 27.8 Å². The lowest BCUT2D eigenvalue weighted by Gasteiger charge is -2.31. The first kappa shape index (κ1) is 10.3. The molecule has 0 aromatic heterocycles. The van der Waals surface area contributed by atoms with E-state index in [4.69, 9.17) is 9.47 Å². The maximum atomic E-state index is 5.29. The average molecular weight is 207 g/mol. The molecular weight excluding hydrogens is 190 g/mol. The second-order valence-electron chi connectivity index (χ2n) is 3.86. The van der Waals surface area contributed by atoms with Gasteiger partial charge >= 0.3 is 0 Å². The van der Waals surface area contributed by atoms with Crippen molar-refractivity contribution in [3.63, 3.8) is 0 Å². The van der Waals surface area contributed by atoms with Crippen LogP contribution in [0, 0.1) is 0 Å². The van der Waals surface area contributed by atoms with E-state index in [1.54, 1.807) is 14.2 Å². The summed E-state index contributed by atoms with van der Waals surface area (Å²) in [6.07, 6.45) is 1.14. The minimum atomic E-state index is 0.629. The van der Waals surface area contributed by atoms with Gasteiger partial charge in [-0.15, -0.1) is 0 Å². The van der Waals surface area contributed by atoms with Crippen LogP contribution in [0.5, 0.6) is 11.5 Å². The van der Waals surface area contributed by atoms with Gasteiger partial charge in [-0.1, -0.05) is 0 Å². The second-order valence-corrected chi connectivity index (χ2v) is 3.86. The number of hydrogen-bond acceptors (Lipinski definition) is 3. The Morgan fingerprint density at radius 1 is 1.27 bits per heavy atom. The molecule has 1 aliphatic carbocycles. The normalized spacial score (nSPS) is 17.9. The van der Waals surface area contributed by atoms with Gasteiger partial charge in [0.2, 0.25) is 0 Å². The van der Waals surface area contributed by atoms with Gasteiger partial charge in [0.15, 0.2) is 11.5 Å². The van der Waals surface area contributed by atoms with Crippen LogP contribution >= 0.6 is 0 Å². The van der Waals surface area contributed by atoms with Crippen LogP contribution in [0.2, 0.25) is 0 Å². The number of likely N-dealkylation sites (N-methyl/N-ethyl adjacent to an activating group) is 1. The van der Waals surface area contributed by atoms with Crippen LogP contribution in [-0.4, -0.2) is 27.8 Å². The van der Waals surface area contributed by atoms with E-state index in [9.17, 15) is 0 Å². The molecule has 1 aromatic carbocycles. The van der Waals surface area contributed by atoms with Crippen molar-refractivity contribution in [2.45, 2.75) is 12.3 Å². The zero-order valence-electron chi connectivity index (χ0n) is 9.46. The van der Waals surface area contributed by atoms with Crippen LogP contribution in [0.3, 0.4) is 0 Å². The Balaban J connectivity index is 2.28. The molecule has 2 rings (SSSR count). The summed E-state index contributed by atoms with van der Waals surface area (Å²) in [4.78, 5) is 0. The lowest BCUT2D eigenvalue weighted by atomic mass is 9.77. The first-order valence-electron chi connectivity index (χ1n) is 5.19. The van der Waals surface area contributed by atoms with Crippen molar-refractivity contribution in [3.8, 4) is 11.5 Å². The third-order valence-corrected chi connectivity index (χ3v) is 3.00. The second kappa shape index (κ2) is 4.11. The van der Waals surface area contributed by atoms with Crippen molar-refractivity contribution in [3.05, 3.63) is 23.3 Å². The Morgan fingerprint density at radius 3 is 2.53 bits per heavy atom. The molecule has 0 unspecified atom stereocenters. The van der Waals surface area contributed by atoms with Crippen LogP contribution in [0.4, 0.5) is 0 Å². The zero-order chi connectivity index (χ0) is 10.8. The Labute approximate surface area is 90.4 Å². The minimum absolute atomic E-state index is 0.629. The first-order valence-corrected chi connectivity index (χ1v) is 5.19. The van der Waals surface area contributed by atoms with Crippen LogP contribution in [0.15, 0.2) is 12.1 Å². The summed E-state index contributed by atoms with van der Waals surface area (Å²) < 4.78 is 10.5. The predicted octanol–water partition coefficient (Wildman–Crippen LogP) is 1.56. The zero-order valence-corrected chi connectivity index (χ0v) is 9.46. The lowest BCUT2D eigenvalue weighted by molar-refractivity contribution is 0.352. The van der Waals surface area contributed by atoms with Gasteiger partial charge in [0.05, 0.1) is 14.2 Å². The molecule has 15 heavy (non-hydrogen) atoms. The quantitative estimate of drug-likeness (QED) is 0.812. The van der Waals surface area contributed by atoms with Gasteiger partial charge in [-0.05, 0) is 36.7 Å². The van der Waals surface area contributed by atoms with Gasteiger partial charge in [0.1, 0.15) is 0 Å². The van der Waals surface area contributed by atoms with E-state index in [0.717, 1.165) is 24.5 Å².